The zero-order chi connectivity index (χ0) is 20.9. The first kappa shape index (κ1) is 25.0. The lowest BCUT2D eigenvalue weighted by Crippen LogP contribution is -2.20. The standard InChI is InChI=1S/C9H14O.2C4H5NO3/c1-7-4-8(10)6-9(2,3)5-7;2*5-3(6)1-2-4(7)8/h4H,5-6H2,1-3H3;2*1-2H,(H2,5,6)(H,7,8)/b;2*2-1-. The number of rotatable bonds is 4. The molecule has 0 bridgehead atoms. The van der Waals surface area contributed by atoms with Crippen molar-refractivity contribution in [2.75, 3.05) is 0 Å². The molecule has 0 aromatic heterocycles. The number of carboxylic acid groups (broad SMARTS) is 2. The van der Waals surface area contributed by atoms with Crippen LogP contribution in [0.1, 0.15) is 33.6 Å². The molecule has 6 N–H and O–H groups in total. The molecule has 26 heavy (non-hydrogen) atoms. The van der Waals surface area contributed by atoms with E-state index in [2.05, 4.69) is 25.3 Å². The van der Waals surface area contributed by atoms with E-state index < -0.39 is 23.8 Å². The van der Waals surface area contributed by atoms with Crippen molar-refractivity contribution < 1.29 is 34.2 Å². The van der Waals surface area contributed by atoms with Gasteiger partial charge < -0.3 is 21.7 Å². The van der Waals surface area contributed by atoms with Crippen molar-refractivity contribution in [3.05, 3.63) is 36.0 Å². The number of aliphatic carboxylic acids is 2. The molecule has 144 valence electrons. The lowest BCUT2D eigenvalue weighted by Gasteiger charge is -2.27. The second-order valence-electron chi connectivity index (χ2n) is 6.12. The van der Waals surface area contributed by atoms with E-state index in [4.69, 9.17) is 10.2 Å². The first-order chi connectivity index (χ1) is 11.7. The highest BCUT2D eigenvalue weighted by molar-refractivity contribution is 5.93. The van der Waals surface area contributed by atoms with Crippen molar-refractivity contribution in [2.45, 2.75) is 33.6 Å². The fraction of sp³-hybridized carbons (Fsp3) is 0.353. The van der Waals surface area contributed by atoms with Gasteiger partial charge in [0.25, 0.3) is 0 Å². The van der Waals surface area contributed by atoms with Gasteiger partial charge in [-0.2, -0.15) is 0 Å². The van der Waals surface area contributed by atoms with Gasteiger partial charge in [0, 0.05) is 30.7 Å². The maximum absolute atomic E-state index is 11.0. The van der Waals surface area contributed by atoms with Crippen LogP contribution < -0.4 is 11.5 Å². The van der Waals surface area contributed by atoms with Crippen LogP contribution >= 0.6 is 0 Å². The van der Waals surface area contributed by atoms with Crippen LogP contribution in [0, 0.1) is 5.41 Å². The Hall–Kier alpha value is -3.23. The summed E-state index contributed by atoms with van der Waals surface area (Å²) in [6.07, 6.45) is 6.48. The number of nitrogens with two attached hydrogens (primary N) is 2. The minimum Gasteiger partial charge on any atom is -0.478 e. The van der Waals surface area contributed by atoms with Crippen LogP contribution in [0.25, 0.3) is 0 Å². The smallest absolute Gasteiger partial charge is 0.328 e. The number of ketones is 1. The van der Waals surface area contributed by atoms with Gasteiger partial charge in [0.05, 0.1) is 0 Å². The molecule has 0 aromatic rings. The predicted octanol–water partition coefficient (Wildman–Crippen LogP) is 0.547. The second kappa shape index (κ2) is 12.2. The summed E-state index contributed by atoms with van der Waals surface area (Å²) < 4.78 is 0. The van der Waals surface area contributed by atoms with Crippen LogP contribution in [-0.2, 0) is 24.0 Å². The summed E-state index contributed by atoms with van der Waals surface area (Å²) >= 11 is 0. The van der Waals surface area contributed by atoms with Gasteiger partial charge in [0.2, 0.25) is 11.8 Å². The Kier molecular flexibility index (Phi) is 11.7. The van der Waals surface area contributed by atoms with Crippen LogP contribution in [0.4, 0.5) is 0 Å². The Bertz CT molecular complexity index is 577. The molecule has 0 unspecified atom stereocenters. The normalized spacial score (nSPS) is 15.2. The summed E-state index contributed by atoms with van der Waals surface area (Å²) in [6.45, 7) is 6.31. The molecule has 0 radical (unpaired) electrons. The van der Waals surface area contributed by atoms with E-state index in [1.165, 1.54) is 5.57 Å². The van der Waals surface area contributed by atoms with E-state index in [1.807, 2.05) is 6.92 Å². The molecule has 0 saturated carbocycles. The minimum atomic E-state index is -1.18. The van der Waals surface area contributed by atoms with E-state index in [0.717, 1.165) is 18.6 Å². The van der Waals surface area contributed by atoms with Gasteiger partial charge >= 0.3 is 11.9 Å². The van der Waals surface area contributed by atoms with Gasteiger partial charge in [-0.05, 0) is 24.8 Å². The monoisotopic (exact) mass is 368 g/mol. The third-order valence-electron chi connectivity index (χ3n) is 2.60. The van der Waals surface area contributed by atoms with Crippen LogP contribution in [0.3, 0.4) is 0 Å². The summed E-state index contributed by atoms with van der Waals surface area (Å²) in [5.74, 6) is -3.58. The van der Waals surface area contributed by atoms with Crippen molar-refractivity contribution in [2.24, 2.45) is 16.9 Å². The Morgan fingerprint density at radius 1 is 0.923 bits per heavy atom. The van der Waals surface area contributed by atoms with E-state index >= 15 is 0 Å². The van der Waals surface area contributed by atoms with Gasteiger partial charge in [-0.1, -0.05) is 19.4 Å². The average molecular weight is 368 g/mol. The molecule has 1 aliphatic carbocycles. The fourth-order valence-electron chi connectivity index (χ4n) is 1.97. The van der Waals surface area contributed by atoms with Gasteiger partial charge in [-0.3, -0.25) is 14.4 Å². The maximum Gasteiger partial charge on any atom is 0.328 e. The molecule has 0 spiro atoms. The van der Waals surface area contributed by atoms with E-state index in [0.29, 0.717) is 18.6 Å². The van der Waals surface area contributed by atoms with Gasteiger partial charge in [-0.15, -0.1) is 0 Å². The molecule has 0 heterocycles. The van der Waals surface area contributed by atoms with Crippen molar-refractivity contribution in [3.8, 4) is 0 Å². The van der Waals surface area contributed by atoms with Gasteiger partial charge in [-0.25, -0.2) is 9.59 Å². The quantitative estimate of drug-likeness (QED) is 0.523. The van der Waals surface area contributed by atoms with E-state index in [-0.39, 0.29) is 11.2 Å². The van der Waals surface area contributed by atoms with Crippen LogP contribution in [-0.4, -0.2) is 39.7 Å². The summed E-state index contributed by atoms with van der Waals surface area (Å²) in [7, 11) is 0. The summed E-state index contributed by atoms with van der Waals surface area (Å²) in [4.78, 5) is 49.8. The molecule has 1 rings (SSSR count). The third kappa shape index (κ3) is 18.8. The Morgan fingerprint density at radius 2 is 1.31 bits per heavy atom. The molecule has 0 fully saturated rings. The zero-order valence-corrected chi connectivity index (χ0v) is 14.9. The van der Waals surface area contributed by atoms with E-state index in [9.17, 15) is 24.0 Å². The lowest BCUT2D eigenvalue weighted by molar-refractivity contribution is -0.132. The fourth-order valence-corrected chi connectivity index (χ4v) is 1.97. The van der Waals surface area contributed by atoms with Gasteiger partial charge in [0.1, 0.15) is 0 Å². The first-order valence-corrected chi connectivity index (χ1v) is 7.36. The second-order valence-corrected chi connectivity index (χ2v) is 6.12. The average Bonchev–Trinajstić information content (AvgIpc) is 2.41. The SMILES string of the molecule is CC1=CC(=O)CC(C)(C)C1.NC(=O)/C=C\C(=O)O.NC(=O)/C=C\C(=O)O. The number of primary amides is 2. The number of amides is 2. The molecule has 9 nitrogen and oxygen atoms in total. The van der Waals surface area contributed by atoms with E-state index in [1.54, 1.807) is 6.08 Å². The highest BCUT2D eigenvalue weighted by Crippen LogP contribution is 2.32. The lowest BCUT2D eigenvalue weighted by atomic mass is 9.77. The minimum absolute atomic E-state index is 0.204. The number of carbonyl (C=O) groups is 5. The van der Waals surface area contributed by atoms with Crippen LogP contribution in [0.5, 0.6) is 0 Å². The topological polar surface area (TPSA) is 178 Å². The molecule has 0 aliphatic heterocycles. The highest BCUT2D eigenvalue weighted by atomic mass is 16.4. The first-order valence-electron chi connectivity index (χ1n) is 7.36. The van der Waals surface area contributed by atoms with Crippen molar-refractivity contribution in [3.63, 3.8) is 0 Å². The summed E-state index contributed by atoms with van der Waals surface area (Å²) in [6, 6.07) is 0. The maximum atomic E-state index is 11.0. The molecule has 1 aliphatic rings. The Balaban J connectivity index is 0. The summed E-state index contributed by atoms with van der Waals surface area (Å²) in [5.41, 5.74) is 10.5. The molecule has 0 aromatic carbocycles. The molecule has 0 saturated heterocycles. The molecule has 2 amide bonds. The predicted molar refractivity (Wildman–Crippen MR) is 93.7 cm³/mol. The Morgan fingerprint density at radius 3 is 1.50 bits per heavy atom. The summed E-state index contributed by atoms with van der Waals surface area (Å²) in [5, 5.41) is 15.7. The van der Waals surface area contributed by atoms with Crippen LogP contribution in [0.15, 0.2) is 36.0 Å². The number of carbonyl (C=O) groups excluding carboxylic acids is 3. The number of hydrogen-bond donors (Lipinski definition) is 4. The molecular weight excluding hydrogens is 344 g/mol. The molecular formula is C17H24N2O7. The number of allylic oxidation sites excluding steroid dienone is 2. The van der Waals surface area contributed by atoms with Crippen LogP contribution in [0.2, 0.25) is 0 Å². The highest BCUT2D eigenvalue weighted by Gasteiger charge is 2.25. The number of hydrogen-bond acceptors (Lipinski definition) is 5. The third-order valence-corrected chi connectivity index (χ3v) is 2.60. The van der Waals surface area contributed by atoms with Gasteiger partial charge in [0.15, 0.2) is 5.78 Å². The van der Waals surface area contributed by atoms with Crippen molar-refractivity contribution >= 4 is 29.5 Å². The molecule has 9 heteroatoms. The number of carboxylic acids is 2. The zero-order valence-electron chi connectivity index (χ0n) is 14.9. The molecule has 0 atom stereocenters. The van der Waals surface area contributed by atoms with Crippen molar-refractivity contribution in [1.82, 2.24) is 0 Å². The van der Waals surface area contributed by atoms with Crippen molar-refractivity contribution in [1.29, 1.82) is 0 Å². The largest absolute Gasteiger partial charge is 0.478 e. The Labute approximate surface area is 151 Å².